The number of piperazine rings is 1. The van der Waals surface area contributed by atoms with E-state index in [2.05, 4.69) is 15.3 Å². The maximum Gasteiger partial charge on any atom is 0.422 e. The number of ether oxygens (including phenoxy) is 2. The van der Waals surface area contributed by atoms with Crippen LogP contribution in [0.15, 0.2) is 6.20 Å². The summed E-state index contributed by atoms with van der Waals surface area (Å²) in [4.78, 5) is 28.3. The standard InChI is InChI=1S/C16H26N6O5/c1-15(2,3)27-14(23)18-21-7-5-19(6-8-21)10-16(4)11-20-9-12(22(24)25)17-13(20)26-16/h9H,5-8,10-11H2,1-4H3,(H,18,23). The first-order valence-electron chi connectivity index (χ1n) is 8.91. The monoisotopic (exact) mass is 382 g/mol. The second-order valence-corrected chi connectivity index (χ2v) is 8.20. The van der Waals surface area contributed by atoms with E-state index in [-0.39, 0.29) is 11.8 Å². The van der Waals surface area contributed by atoms with Crippen molar-refractivity contribution in [1.29, 1.82) is 0 Å². The molecule has 1 aromatic rings. The fourth-order valence-electron chi connectivity index (χ4n) is 3.28. The van der Waals surface area contributed by atoms with Crippen molar-refractivity contribution in [2.75, 3.05) is 32.7 Å². The number of nitrogens with one attached hydrogen (secondary N) is 1. The van der Waals surface area contributed by atoms with Gasteiger partial charge in [-0.3, -0.25) is 14.9 Å². The number of hydrogen-bond acceptors (Lipinski definition) is 8. The van der Waals surface area contributed by atoms with E-state index >= 15 is 0 Å². The van der Waals surface area contributed by atoms with Crippen molar-refractivity contribution in [3.8, 4) is 6.01 Å². The molecule has 0 bridgehead atoms. The van der Waals surface area contributed by atoms with E-state index in [1.54, 1.807) is 4.57 Å². The number of nitro groups is 1. The molecule has 1 fully saturated rings. The molecule has 0 spiro atoms. The molecule has 11 nitrogen and oxygen atoms in total. The van der Waals surface area contributed by atoms with Crippen LogP contribution < -0.4 is 10.2 Å². The topological polar surface area (TPSA) is 115 Å². The van der Waals surface area contributed by atoms with Crippen LogP contribution in [-0.4, -0.2) is 74.4 Å². The van der Waals surface area contributed by atoms with E-state index in [1.165, 1.54) is 6.20 Å². The highest BCUT2D eigenvalue weighted by Crippen LogP contribution is 2.31. The molecule has 2 aliphatic heterocycles. The minimum Gasteiger partial charge on any atom is -0.443 e. The van der Waals surface area contributed by atoms with Gasteiger partial charge in [0.05, 0.1) is 6.54 Å². The predicted octanol–water partition coefficient (Wildman–Crippen LogP) is 1.000. The Kier molecular flexibility index (Phi) is 5.00. The average Bonchev–Trinajstić information content (AvgIpc) is 3.02. The summed E-state index contributed by atoms with van der Waals surface area (Å²) in [7, 11) is 0. The summed E-state index contributed by atoms with van der Waals surface area (Å²) in [6.07, 6.45) is 0.956. The van der Waals surface area contributed by atoms with Gasteiger partial charge in [-0.05, 0) is 32.6 Å². The van der Waals surface area contributed by atoms with Crippen LogP contribution in [0, 0.1) is 10.1 Å². The smallest absolute Gasteiger partial charge is 0.422 e. The van der Waals surface area contributed by atoms with Gasteiger partial charge in [-0.1, -0.05) is 0 Å². The van der Waals surface area contributed by atoms with Gasteiger partial charge in [0.25, 0.3) is 0 Å². The maximum atomic E-state index is 11.8. The molecule has 1 atom stereocenters. The molecule has 0 aliphatic carbocycles. The van der Waals surface area contributed by atoms with E-state index < -0.39 is 22.2 Å². The quantitative estimate of drug-likeness (QED) is 0.606. The number of amides is 1. The van der Waals surface area contributed by atoms with Crippen LogP contribution in [0.4, 0.5) is 10.6 Å². The van der Waals surface area contributed by atoms with E-state index in [4.69, 9.17) is 9.47 Å². The van der Waals surface area contributed by atoms with Crippen LogP contribution in [0.2, 0.25) is 0 Å². The molecule has 27 heavy (non-hydrogen) atoms. The zero-order chi connectivity index (χ0) is 19.8. The molecule has 11 heteroatoms. The molecule has 1 N–H and O–H groups in total. The number of nitrogens with zero attached hydrogens (tertiary/aromatic N) is 5. The van der Waals surface area contributed by atoms with Crippen LogP contribution in [0.3, 0.4) is 0 Å². The van der Waals surface area contributed by atoms with Crippen molar-refractivity contribution >= 4 is 11.9 Å². The van der Waals surface area contributed by atoms with Gasteiger partial charge in [0.2, 0.25) is 0 Å². The van der Waals surface area contributed by atoms with E-state index in [1.807, 2.05) is 32.7 Å². The lowest BCUT2D eigenvalue weighted by atomic mass is 10.1. The van der Waals surface area contributed by atoms with Crippen molar-refractivity contribution in [2.45, 2.75) is 45.4 Å². The Balaban J connectivity index is 1.46. The second-order valence-electron chi connectivity index (χ2n) is 8.20. The normalized spacial score (nSPS) is 23.6. The Morgan fingerprint density at radius 1 is 1.41 bits per heavy atom. The van der Waals surface area contributed by atoms with Gasteiger partial charge in [-0.25, -0.2) is 9.80 Å². The highest BCUT2D eigenvalue weighted by atomic mass is 16.6. The molecule has 2 aliphatic rings. The summed E-state index contributed by atoms with van der Waals surface area (Å²) in [6.45, 7) is 11.5. The fraction of sp³-hybridized carbons (Fsp3) is 0.750. The number of carbonyl (C=O) groups excluding carboxylic acids is 1. The molecule has 1 unspecified atom stereocenters. The van der Waals surface area contributed by atoms with E-state index in [0.29, 0.717) is 26.2 Å². The fourth-order valence-corrected chi connectivity index (χ4v) is 3.28. The maximum absolute atomic E-state index is 11.8. The number of carbonyl (C=O) groups is 1. The van der Waals surface area contributed by atoms with Crippen LogP contribution in [-0.2, 0) is 11.3 Å². The molecular weight excluding hydrogens is 356 g/mol. The summed E-state index contributed by atoms with van der Waals surface area (Å²) < 4.78 is 12.8. The zero-order valence-corrected chi connectivity index (χ0v) is 16.1. The number of hydrazine groups is 1. The third kappa shape index (κ3) is 4.86. The van der Waals surface area contributed by atoms with Crippen LogP contribution in [0.5, 0.6) is 6.01 Å². The van der Waals surface area contributed by atoms with Crippen LogP contribution in [0.1, 0.15) is 27.7 Å². The minimum absolute atomic E-state index is 0.200. The van der Waals surface area contributed by atoms with Crippen molar-refractivity contribution in [3.63, 3.8) is 0 Å². The SMILES string of the molecule is CC(C)(C)OC(=O)NN1CCN(CC2(C)Cn3cc([N+](=O)[O-])nc3O2)CC1. The van der Waals surface area contributed by atoms with Gasteiger partial charge in [-0.2, -0.15) is 0 Å². The van der Waals surface area contributed by atoms with Gasteiger partial charge in [-0.15, -0.1) is 0 Å². The predicted molar refractivity (Wildman–Crippen MR) is 95.3 cm³/mol. The third-order valence-corrected chi connectivity index (χ3v) is 4.34. The van der Waals surface area contributed by atoms with Gasteiger partial charge in [0.1, 0.15) is 17.4 Å². The Hall–Kier alpha value is -2.40. The van der Waals surface area contributed by atoms with Crippen LogP contribution in [0.25, 0.3) is 0 Å². The summed E-state index contributed by atoms with van der Waals surface area (Å²) >= 11 is 0. The van der Waals surface area contributed by atoms with E-state index in [9.17, 15) is 14.9 Å². The lowest BCUT2D eigenvalue weighted by Gasteiger charge is -2.37. The van der Waals surface area contributed by atoms with Crippen molar-refractivity contribution in [2.24, 2.45) is 0 Å². The van der Waals surface area contributed by atoms with Crippen LogP contribution >= 0.6 is 0 Å². The number of fused-ring (bicyclic) bond motifs is 1. The van der Waals surface area contributed by atoms with Gasteiger partial charge >= 0.3 is 17.9 Å². The third-order valence-electron chi connectivity index (χ3n) is 4.34. The van der Waals surface area contributed by atoms with Gasteiger partial charge in [0, 0.05) is 37.7 Å². The van der Waals surface area contributed by atoms with E-state index in [0.717, 1.165) is 13.1 Å². The Bertz CT molecular complexity index is 696. The minimum atomic E-state index is -0.528. The van der Waals surface area contributed by atoms with Crippen molar-refractivity contribution in [3.05, 3.63) is 16.3 Å². The molecule has 1 aromatic heterocycles. The molecule has 1 amide bonds. The summed E-state index contributed by atoms with van der Waals surface area (Å²) in [5.74, 6) is -0.200. The highest BCUT2D eigenvalue weighted by molar-refractivity contribution is 5.67. The largest absolute Gasteiger partial charge is 0.443 e. The second kappa shape index (κ2) is 6.97. The summed E-state index contributed by atoms with van der Waals surface area (Å²) in [6, 6.07) is 0.287. The first-order chi connectivity index (χ1) is 12.5. The first-order valence-corrected chi connectivity index (χ1v) is 8.91. The molecule has 0 saturated carbocycles. The number of imidazole rings is 1. The highest BCUT2D eigenvalue weighted by Gasteiger charge is 2.41. The van der Waals surface area contributed by atoms with Gasteiger partial charge in [0.15, 0.2) is 0 Å². The lowest BCUT2D eigenvalue weighted by Crippen LogP contribution is -2.57. The number of rotatable bonds is 4. The summed E-state index contributed by atoms with van der Waals surface area (Å²) in [5.41, 5.74) is 1.75. The van der Waals surface area contributed by atoms with Crippen molar-refractivity contribution in [1.82, 2.24) is 24.9 Å². The Morgan fingerprint density at radius 3 is 2.63 bits per heavy atom. The van der Waals surface area contributed by atoms with Crippen molar-refractivity contribution < 1.29 is 19.2 Å². The summed E-state index contributed by atoms with van der Waals surface area (Å²) in [5, 5.41) is 12.6. The molecule has 3 heterocycles. The average molecular weight is 382 g/mol. The molecule has 0 radical (unpaired) electrons. The molecule has 1 saturated heterocycles. The number of hydrogen-bond donors (Lipinski definition) is 1. The molecular formula is C16H26N6O5. The molecule has 150 valence electrons. The first kappa shape index (κ1) is 19.4. The van der Waals surface area contributed by atoms with Gasteiger partial charge < -0.3 is 19.6 Å². The number of aromatic nitrogens is 2. The Morgan fingerprint density at radius 2 is 2.07 bits per heavy atom. The zero-order valence-electron chi connectivity index (χ0n) is 16.1. The lowest BCUT2D eigenvalue weighted by molar-refractivity contribution is -0.389. The Labute approximate surface area is 157 Å². The molecule has 3 rings (SSSR count). The molecule has 0 aromatic carbocycles.